The second-order valence-electron chi connectivity index (χ2n) is 6.82. The van der Waals surface area contributed by atoms with Crippen LogP contribution in [-0.2, 0) is 0 Å². The molecule has 0 aliphatic carbocycles. The Morgan fingerprint density at radius 1 is 0.792 bits per heavy atom. The molecule has 0 amide bonds. The fraction of sp³-hybridized carbons (Fsp3) is 0.300. The molecular formula is C20H23NO3. The van der Waals surface area contributed by atoms with E-state index in [0.29, 0.717) is 5.69 Å². The Bertz CT molecular complexity index is 897. The molecule has 0 unspecified atom stereocenters. The van der Waals surface area contributed by atoms with Gasteiger partial charge in [0.2, 0.25) is 0 Å². The molecule has 0 spiro atoms. The van der Waals surface area contributed by atoms with E-state index in [4.69, 9.17) is 9.47 Å². The monoisotopic (exact) mass is 325 g/mol. The minimum atomic E-state index is -0.401. The third kappa shape index (κ3) is 2.53. The summed E-state index contributed by atoms with van der Waals surface area (Å²) in [4.78, 5) is 0. The van der Waals surface area contributed by atoms with Crippen molar-refractivity contribution in [2.24, 2.45) is 0 Å². The van der Waals surface area contributed by atoms with Gasteiger partial charge in [0.1, 0.15) is 11.5 Å². The molecular weight excluding hydrogens is 302 g/mol. The van der Waals surface area contributed by atoms with Crippen molar-refractivity contribution in [3.8, 4) is 11.5 Å². The van der Waals surface area contributed by atoms with Crippen molar-refractivity contribution in [1.29, 1.82) is 0 Å². The van der Waals surface area contributed by atoms with Crippen LogP contribution in [-0.4, -0.2) is 25.0 Å². The zero-order valence-corrected chi connectivity index (χ0v) is 14.8. The van der Waals surface area contributed by atoms with Crippen LogP contribution in [0.4, 0.5) is 5.69 Å². The van der Waals surface area contributed by atoms with Crippen molar-refractivity contribution in [1.82, 2.24) is 0 Å². The first-order chi connectivity index (χ1) is 11.4. The van der Waals surface area contributed by atoms with Crippen molar-refractivity contribution in [3.63, 3.8) is 0 Å². The third-order valence-corrected chi connectivity index (χ3v) is 4.20. The smallest absolute Gasteiger partial charge is 0.134 e. The van der Waals surface area contributed by atoms with Crippen LogP contribution in [0.3, 0.4) is 0 Å². The number of hydrogen-bond acceptors (Lipinski definition) is 4. The minimum absolute atomic E-state index is 0.401. The van der Waals surface area contributed by atoms with Gasteiger partial charge in [0.25, 0.3) is 0 Å². The molecule has 4 heteroatoms. The average molecular weight is 325 g/mol. The van der Waals surface area contributed by atoms with E-state index in [2.05, 4.69) is 0 Å². The number of hydrogen-bond donors (Lipinski definition) is 1. The maximum Gasteiger partial charge on any atom is 0.134 e. The highest BCUT2D eigenvalue weighted by Crippen LogP contribution is 2.43. The quantitative estimate of drug-likeness (QED) is 0.543. The largest absolute Gasteiger partial charge is 0.495 e. The van der Waals surface area contributed by atoms with Crippen molar-refractivity contribution in [3.05, 3.63) is 42.5 Å². The van der Waals surface area contributed by atoms with Gasteiger partial charge in [0.15, 0.2) is 0 Å². The van der Waals surface area contributed by atoms with Crippen LogP contribution >= 0.6 is 0 Å². The Balaban J connectivity index is 2.39. The lowest BCUT2D eigenvalue weighted by Crippen LogP contribution is -2.38. The van der Waals surface area contributed by atoms with Crippen LogP contribution in [0, 0.1) is 0 Å². The van der Waals surface area contributed by atoms with Gasteiger partial charge in [0.05, 0.1) is 25.4 Å². The lowest BCUT2D eigenvalue weighted by atomic mass is 9.99. The molecule has 1 N–H and O–H groups in total. The van der Waals surface area contributed by atoms with E-state index in [1.165, 1.54) is 5.06 Å². The number of ether oxygens (including phenoxy) is 2. The fourth-order valence-electron chi connectivity index (χ4n) is 3.05. The average Bonchev–Trinajstić information content (AvgIpc) is 2.57. The van der Waals surface area contributed by atoms with Crippen LogP contribution in [0.1, 0.15) is 20.8 Å². The summed E-state index contributed by atoms with van der Waals surface area (Å²) in [7, 11) is 3.34. The zero-order valence-electron chi connectivity index (χ0n) is 14.8. The van der Waals surface area contributed by atoms with Crippen molar-refractivity contribution < 1.29 is 14.7 Å². The molecule has 0 fully saturated rings. The second kappa shape index (κ2) is 5.87. The number of rotatable bonds is 3. The van der Waals surface area contributed by atoms with E-state index in [9.17, 15) is 5.21 Å². The van der Waals surface area contributed by atoms with E-state index in [-0.39, 0.29) is 0 Å². The van der Waals surface area contributed by atoms with E-state index >= 15 is 0 Å². The van der Waals surface area contributed by atoms with Crippen LogP contribution in [0.25, 0.3) is 21.5 Å². The molecule has 0 atom stereocenters. The Hall–Kier alpha value is -2.46. The predicted octanol–water partition coefficient (Wildman–Crippen LogP) is 5.00. The van der Waals surface area contributed by atoms with Gasteiger partial charge in [-0.3, -0.25) is 10.3 Å². The van der Waals surface area contributed by atoms with Gasteiger partial charge in [0, 0.05) is 21.5 Å². The van der Waals surface area contributed by atoms with Crippen LogP contribution in [0.5, 0.6) is 11.5 Å². The van der Waals surface area contributed by atoms with E-state index in [1.54, 1.807) is 14.2 Å². The van der Waals surface area contributed by atoms with Gasteiger partial charge < -0.3 is 9.47 Å². The maximum atomic E-state index is 10.5. The standard InChI is InChI=1S/C20H23NO3/c1-20(2,3)21(22)13-10-11-16-17(12-13)19(24-5)15-9-7-6-8-14(15)18(16)23-4/h6-12,22H,1-5H3. The zero-order chi connectivity index (χ0) is 17.5. The highest BCUT2D eigenvalue weighted by Gasteiger charge is 2.22. The van der Waals surface area contributed by atoms with Crippen molar-refractivity contribution in [2.45, 2.75) is 26.3 Å². The maximum absolute atomic E-state index is 10.5. The Labute approximate surface area is 142 Å². The summed E-state index contributed by atoms with van der Waals surface area (Å²) in [5.74, 6) is 1.60. The van der Waals surface area contributed by atoms with Gasteiger partial charge in [-0.1, -0.05) is 24.3 Å². The van der Waals surface area contributed by atoms with Crippen molar-refractivity contribution >= 4 is 27.2 Å². The highest BCUT2D eigenvalue weighted by atomic mass is 16.5. The summed E-state index contributed by atoms with van der Waals surface area (Å²) in [6.45, 7) is 5.86. The molecule has 3 aromatic carbocycles. The lowest BCUT2D eigenvalue weighted by molar-refractivity contribution is 0.181. The Morgan fingerprint density at radius 2 is 1.29 bits per heavy atom. The molecule has 0 heterocycles. The first-order valence-corrected chi connectivity index (χ1v) is 7.94. The molecule has 0 saturated carbocycles. The molecule has 0 bridgehead atoms. The summed E-state index contributed by atoms with van der Waals surface area (Å²) in [6.07, 6.45) is 0. The van der Waals surface area contributed by atoms with Crippen LogP contribution < -0.4 is 14.5 Å². The molecule has 0 aliphatic rings. The summed E-state index contributed by atoms with van der Waals surface area (Å²) in [5, 5.41) is 15.6. The van der Waals surface area contributed by atoms with E-state index < -0.39 is 5.54 Å². The highest BCUT2D eigenvalue weighted by molar-refractivity contribution is 6.11. The first kappa shape index (κ1) is 16.4. The van der Waals surface area contributed by atoms with E-state index in [0.717, 1.165) is 33.0 Å². The third-order valence-electron chi connectivity index (χ3n) is 4.20. The minimum Gasteiger partial charge on any atom is -0.495 e. The SMILES string of the molecule is COc1c2ccccc2c(OC)c2cc(N(O)C(C)(C)C)ccc12. The lowest BCUT2D eigenvalue weighted by Gasteiger charge is -2.31. The predicted molar refractivity (Wildman–Crippen MR) is 98.6 cm³/mol. The summed E-state index contributed by atoms with van der Waals surface area (Å²) >= 11 is 0. The molecule has 0 radical (unpaired) electrons. The summed E-state index contributed by atoms with van der Waals surface area (Å²) in [5.41, 5.74) is 0.313. The van der Waals surface area contributed by atoms with Gasteiger partial charge in [-0.2, -0.15) is 0 Å². The van der Waals surface area contributed by atoms with Gasteiger partial charge in [-0.25, -0.2) is 0 Å². The number of hydroxylamine groups is 1. The van der Waals surface area contributed by atoms with Gasteiger partial charge >= 0.3 is 0 Å². The summed E-state index contributed by atoms with van der Waals surface area (Å²) < 4.78 is 11.4. The first-order valence-electron chi connectivity index (χ1n) is 7.94. The molecule has 3 rings (SSSR count). The number of nitrogens with zero attached hydrogens (tertiary/aromatic N) is 1. The topological polar surface area (TPSA) is 41.9 Å². The second-order valence-corrected chi connectivity index (χ2v) is 6.82. The normalized spacial score (nSPS) is 11.8. The van der Waals surface area contributed by atoms with Crippen LogP contribution in [0.15, 0.2) is 42.5 Å². The van der Waals surface area contributed by atoms with Gasteiger partial charge in [-0.15, -0.1) is 0 Å². The number of anilines is 1. The van der Waals surface area contributed by atoms with Gasteiger partial charge in [-0.05, 0) is 39.0 Å². The number of benzene rings is 3. The molecule has 0 saturated heterocycles. The molecule has 24 heavy (non-hydrogen) atoms. The Morgan fingerprint density at radius 3 is 1.79 bits per heavy atom. The fourth-order valence-corrected chi connectivity index (χ4v) is 3.05. The van der Waals surface area contributed by atoms with Crippen LogP contribution in [0.2, 0.25) is 0 Å². The molecule has 126 valence electrons. The molecule has 0 aromatic heterocycles. The molecule has 3 aromatic rings. The number of fused-ring (bicyclic) bond motifs is 2. The van der Waals surface area contributed by atoms with Crippen molar-refractivity contribution in [2.75, 3.05) is 19.3 Å². The van der Waals surface area contributed by atoms with E-state index in [1.807, 2.05) is 63.2 Å². The number of methoxy groups -OCH3 is 2. The summed E-state index contributed by atoms with van der Waals surface area (Å²) in [6, 6.07) is 13.8. The molecule has 4 nitrogen and oxygen atoms in total. The molecule has 0 aliphatic heterocycles. The Kier molecular flexibility index (Phi) is 4.01.